The Morgan fingerprint density at radius 3 is 2.00 bits per heavy atom. The van der Waals surface area contributed by atoms with Crippen molar-refractivity contribution in [3.63, 3.8) is 0 Å². The van der Waals surface area contributed by atoms with Crippen molar-refractivity contribution in [2.45, 2.75) is 26.3 Å². The molecule has 0 saturated heterocycles. The van der Waals surface area contributed by atoms with Gasteiger partial charge in [0.25, 0.3) is 0 Å². The van der Waals surface area contributed by atoms with Gasteiger partial charge in [0.05, 0.1) is 20.8 Å². The second-order valence-corrected chi connectivity index (χ2v) is 5.13. The van der Waals surface area contributed by atoms with E-state index < -0.39 is 0 Å². The van der Waals surface area contributed by atoms with E-state index in [-0.39, 0.29) is 11.3 Å². The minimum Gasteiger partial charge on any atom is -0.497 e. The number of ketones is 1. The lowest BCUT2D eigenvalue weighted by Gasteiger charge is -2.20. The van der Waals surface area contributed by atoms with E-state index in [1.54, 1.807) is 32.4 Å². The Balaban J connectivity index is 2.84. The third kappa shape index (κ3) is 4.37. The molecule has 100 valence electrons. The molecule has 0 heterocycles. The van der Waals surface area contributed by atoms with Gasteiger partial charge in [0.15, 0.2) is 5.78 Å². The molecule has 0 aromatic heterocycles. The van der Waals surface area contributed by atoms with Gasteiger partial charge in [-0.05, 0) is 32.9 Å². The molecule has 0 amide bonds. The number of carbonyl (C=O) groups excluding carboxylic acids is 1. The van der Waals surface area contributed by atoms with E-state index in [4.69, 9.17) is 9.47 Å². The van der Waals surface area contributed by atoms with Gasteiger partial charge in [0, 0.05) is 17.2 Å². The summed E-state index contributed by atoms with van der Waals surface area (Å²) in [5.41, 5.74) is 0.501. The lowest BCUT2D eigenvalue weighted by atomic mass is 10.1. The summed E-state index contributed by atoms with van der Waals surface area (Å²) in [5.74, 6) is 1.25. The number of ether oxygens (including phenoxy) is 2. The minimum atomic E-state index is -0.0847. The molecule has 1 aromatic rings. The molecule has 0 saturated carbocycles. The molecule has 4 nitrogen and oxygen atoms in total. The predicted octanol–water partition coefficient (Wildman–Crippen LogP) is 2.27. The number of nitrogens with one attached hydrogen (secondary N) is 1. The molecular formula is C14H21NO3. The van der Waals surface area contributed by atoms with Crippen molar-refractivity contribution in [2.24, 2.45) is 0 Å². The maximum Gasteiger partial charge on any atom is 0.176 e. The maximum absolute atomic E-state index is 12.1. The third-order valence-corrected chi connectivity index (χ3v) is 2.45. The summed E-state index contributed by atoms with van der Waals surface area (Å²) in [4.78, 5) is 12.1. The van der Waals surface area contributed by atoms with Crippen molar-refractivity contribution in [3.05, 3.63) is 23.8 Å². The topological polar surface area (TPSA) is 47.6 Å². The number of rotatable bonds is 5. The van der Waals surface area contributed by atoms with Gasteiger partial charge < -0.3 is 14.8 Å². The number of hydrogen-bond acceptors (Lipinski definition) is 4. The van der Waals surface area contributed by atoms with Crippen LogP contribution in [0.1, 0.15) is 31.1 Å². The van der Waals surface area contributed by atoms with Crippen LogP contribution in [-0.4, -0.2) is 32.1 Å². The van der Waals surface area contributed by atoms with Gasteiger partial charge in [-0.25, -0.2) is 0 Å². The summed E-state index contributed by atoms with van der Waals surface area (Å²) in [6, 6.07) is 5.18. The van der Waals surface area contributed by atoms with E-state index >= 15 is 0 Å². The molecule has 1 rings (SSSR count). The Labute approximate surface area is 108 Å². The summed E-state index contributed by atoms with van der Waals surface area (Å²) < 4.78 is 10.3. The Morgan fingerprint density at radius 1 is 1.11 bits per heavy atom. The van der Waals surface area contributed by atoms with Crippen molar-refractivity contribution in [1.29, 1.82) is 0 Å². The molecule has 0 aliphatic carbocycles. The van der Waals surface area contributed by atoms with Crippen LogP contribution in [0.25, 0.3) is 0 Å². The van der Waals surface area contributed by atoms with Crippen molar-refractivity contribution in [3.8, 4) is 11.5 Å². The fourth-order valence-corrected chi connectivity index (χ4v) is 1.42. The first-order valence-corrected chi connectivity index (χ1v) is 5.87. The van der Waals surface area contributed by atoms with Crippen LogP contribution in [0, 0.1) is 0 Å². The predicted molar refractivity (Wildman–Crippen MR) is 71.6 cm³/mol. The largest absolute Gasteiger partial charge is 0.497 e. The molecule has 0 unspecified atom stereocenters. The number of Topliss-reactive ketones (excluding diaryl/α,β-unsaturated/α-hetero) is 1. The molecule has 1 N–H and O–H groups in total. The number of carbonyl (C=O) groups is 1. The molecule has 0 bridgehead atoms. The highest BCUT2D eigenvalue weighted by molar-refractivity contribution is 5.98. The van der Waals surface area contributed by atoms with E-state index in [1.807, 2.05) is 20.8 Å². The summed E-state index contributed by atoms with van der Waals surface area (Å²) in [7, 11) is 3.13. The van der Waals surface area contributed by atoms with Crippen LogP contribution >= 0.6 is 0 Å². The molecule has 0 aliphatic heterocycles. The van der Waals surface area contributed by atoms with Crippen LogP contribution in [0.15, 0.2) is 18.2 Å². The molecule has 4 heteroatoms. The number of benzene rings is 1. The zero-order valence-electron chi connectivity index (χ0n) is 11.7. The van der Waals surface area contributed by atoms with E-state index in [0.29, 0.717) is 23.6 Å². The Bertz CT molecular complexity index is 399. The third-order valence-electron chi connectivity index (χ3n) is 2.45. The van der Waals surface area contributed by atoms with Crippen molar-refractivity contribution in [2.75, 3.05) is 20.8 Å². The lowest BCUT2D eigenvalue weighted by Crippen LogP contribution is -2.39. The molecule has 0 spiro atoms. The standard InChI is InChI=1S/C14H21NO3/c1-14(2,3)15-9-13(16)10-6-11(17-4)8-12(7-10)18-5/h6-8,15H,9H2,1-5H3. The molecule has 0 atom stereocenters. The summed E-state index contributed by atoms with van der Waals surface area (Å²) in [6.07, 6.45) is 0. The van der Waals surface area contributed by atoms with E-state index in [1.165, 1.54) is 0 Å². The zero-order chi connectivity index (χ0) is 13.8. The van der Waals surface area contributed by atoms with Crippen molar-refractivity contribution < 1.29 is 14.3 Å². The van der Waals surface area contributed by atoms with Gasteiger partial charge in [-0.15, -0.1) is 0 Å². The van der Waals surface area contributed by atoms with Crippen LogP contribution in [0.5, 0.6) is 11.5 Å². The average Bonchev–Trinajstić information content (AvgIpc) is 2.34. The van der Waals surface area contributed by atoms with Crippen molar-refractivity contribution >= 4 is 5.78 Å². The highest BCUT2D eigenvalue weighted by atomic mass is 16.5. The SMILES string of the molecule is COc1cc(OC)cc(C(=O)CNC(C)(C)C)c1. The zero-order valence-corrected chi connectivity index (χ0v) is 11.7. The second kappa shape index (κ2) is 5.87. The summed E-state index contributed by atoms with van der Waals surface area (Å²) in [5, 5.41) is 3.16. The first kappa shape index (κ1) is 14.5. The van der Waals surface area contributed by atoms with Gasteiger partial charge in [-0.2, -0.15) is 0 Å². The molecule has 0 radical (unpaired) electrons. The van der Waals surface area contributed by atoms with Gasteiger partial charge in [0.2, 0.25) is 0 Å². The highest BCUT2D eigenvalue weighted by Gasteiger charge is 2.14. The molecular weight excluding hydrogens is 230 g/mol. The Kier molecular flexibility index (Phi) is 4.73. The number of hydrogen-bond donors (Lipinski definition) is 1. The van der Waals surface area contributed by atoms with Crippen LogP contribution < -0.4 is 14.8 Å². The summed E-state index contributed by atoms with van der Waals surface area (Å²) in [6.45, 7) is 6.35. The Morgan fingerprint density at radius 2 is 1.61 bits per heavy atom. The van der Waals surface area contributed by atoms with Gasteiger partial charge in [0.1, 0.15) is 11.5 Å². The van der Waals surface area contributed by atoms with E-state index in [2.05, 4.69) is 5.32 Å². The van der Waals surface area contributed by atoms with E-state index in [9.17, 15) is 4.79 Å². The smallest absolute Gasteiger partial charge is 0.176 e. The van der Waals surface area contributed by atoms with Crippen LogP contribution in [0.3, 0.4) is 0 Å². The van der Waals surface area contributed by atoms with Crippen LogP contribution in [0.2, 0.25) is 0 Å². The van der Waals surface area contributed by atoms with Gasteiger partial charge in [-0.3, -0.25) is 4.79 Å². The van der Waals surface area contributed by atoms with E-state index in [0.717, 1.165) is 0 Å². The Hall–Kier alpha value is -1.55. The van der Waals surface area contributed by atoms with Crippen LogP contribution in [-0.2, 0) is 0 Å². The molecule has 0 aliphatic rings. The van der Waals surface area contributed by atoms with Crippen molar-refractivity contribution in [1.82, 2.24) is 5.32 Å². The van der Waals surface area contributed by atoms with Gasteiger partial charge >= 0.3 is 0 Å². The lowest BCUT2D eigenvalue weighted by molar-refractivity contribution is 0.0981. The van der Waals surface area contributed by atoms with Gasteiger partial charge in [-0.1, -0.05) is 0 Å². The fraction of sp³-hybridized carbons (Fsp3) is 0.500. The quantitative estimate of drug-likeness (QED) is 0.816. The summed E-state index contributed by atoms with van der Waals surface area (Å²) >= 11 is 0. The average molecular weight is 251 g/mol. The maximum atomic E-state index is 12.1. The first-order chi connectivity index (χ1) is 8.35. The normalized spacial score (nSPS) is 11.2. The number of methoxy groups -OCH3 is 2. The fourth-order valence-electron chi connectivity index (χ4n) is 1.42. The molecule has 0 fully saturated rings. The monoisotopic (exact) mass is 251 g/mol. The highest BCUT2D eigenvalue weighted by Crippen LogP contribution is 2.22. The molecule has 18 heavy (non-hydrogen) atoms. The second-order valence-electron chi connectivity index (χ2n) is 5.13. The minimum absolute atomic E-state index is 0.0159. The first-order valence-electron chi connectivity index (χ1n) is 5.87. The van der Waals surface area contributed by atoms with Crippen LogP contribution in [0.4, 0.5) is 0 Å². The molecule has 1 aromatic carbocycles.